The molecular weight excluding hydrogens is 272 g/mol. The van der Waals surface area contributed by atoms with E-state index < -0.39 is 0 Å². The number of benzene rings is 2. The van der Waals surface area contributed by atoms with Crippen molar-refractivity contribution < 1.29 is 9.59 Å². The minimum atomic E-state index is 0.769. The van der Waals surface area contributed by atoms with Crippen molar-refractivity contribution in [3.05, 3.63) is 68.8 Å². The molecule has 0 aromatic heterocycles. The lowest BCUT2D eigenvalue weighted by molar-refractivity contribution is 0.111. The van der Waals surface area contributed by atoms with Gasteiger partial charge in [-0.25, -0.2) is 0 Å². The van der Waals surface area contributed by atoms with Gasteiger partial charge in [0.25, 0.3) is 0 Å². The fraction of sp³-hybridized carbons (Fsp3) is 0.300. The molecule has 2 aromatic carbocycles. The van der Waals surface area contributed by atoms with Gasteiger partial charge < -0.3 is 0 Å². The quantitative estimate of drug-likeness (QED) is 0.789. The molecule has 4 bridgehead atoms. The Balaban J connectivity index is 2.11. The molecule has 112 valence electrons. The van der Waals surface area contributed by atoms with Gasteiger partial charge in [-0.1, -0.05) is 0 Å². The summed E-state index contributed by atoms with van der Waals surface area (Å²) in [4.78, 5) is 22.4. The monoisotopic (exact) mass is 292 g/mol. The van der Waals surface area contributed by atoms with E-state index >= 15 is 0 Å². The molecule has 2 nitrogen and oxygen atoms in total. The average molecular weight is 292 g/mol. The van der Waals surface area contributed by atoms with Gasteiger partial charge in [0.2, 0.25) is 0 Å². The number of carbonyl (C=O) groups is 2. The Kier molecular flexibility index (Phi) is 3.93. The predicted molar refractivity (Wildman–Crippen MR) is 87.9 cm³/mol. The van der Waals surface area contributed by atoms with Gasteiger partial charge in [-0.3, -0.25) is 9.59 Å². The van der Waals surface area contributed by atoms with E-state index in [1.54, 1.807) is 0 Å². The van der Waals surface area contributed by atoms with E-state index in [1.807, 2.05) is 24.3 Å². The van der Waals surface area contributed by atoms with Crippen LogP contribution in [0.4, 0.5) is 0 Å². The highest BCUT2D eigenvalue weighted by atomic mass is 16.1. The van der Waals surface area contributed by atoms with Gasteiger partial charge in [0.1, 0.15) is 12.6 Å². The second-order valence-electron chi connectivity index (χ2n) is 6.16. The number of carbonyl (C=O) groups excluding carboxylic acids is 2. The minimum absolute atomic E-state index is 0.769. The van der Waals surface area contributed by atoms with E-state index in [0.29, 0.717) is 0 Å². The van der Waals surface area contributed by atoms with Crippen LogP contribution in [0.15, 0.2) is 24.3 Å². The SMILES string of the molecule is Cc1c2cc(C=O)cc1CCc1cc(C=O)cc(c1C)CC2. The standard InChI is InChI=1S/C20H20O2/c1-13-17-3-5-19-9-16(12-22)10-20(14(19)2)6-4-18(13)8-15(7-17)11-21/h7-12H,3-6H2,1-2H3. The van der Waals surface area contributed by atoms with Gasteiger partial charge >= 0.3 is 0 Å². The van der Waals surface area contributed by atoms with Gasteiger partial charge in [-0.2, -0.15) is 0 Å². The molecule has 0 unspecified atom stereocenters. The molecule has 0 aliphatic heterocycles. The third-order valence-corrected chi connectivity index (χ3v) is 4.89. The highest BCUT2D eigenvalue weighted by Gasteiger charge is 2.14. The second-order valence-corrected chi connectivity index (χ2v) is 6.16. The summed E-state index contributed by atoms with van der Waals surface area (Å²) in [5.41, 5.74) is 9.15. The average Bonchev–Trinajstić information content (AvgIpc) is 2.53. The Morgan fingerprint density at radius 2 is 0.909 bits per heavy atom. The predicted octanol–water partition coefficient (Wildman–Crippen LogP) is 3.81. The van der Waals surface area contributed by atoms with Gasteiger partial charge in [-0.15, -0.1) is 0 Å². The van der Waals surface area contributed by atoms with Crippen molar-refractivity contribution in [2.75, 3.05) is 0 Å². The van der Waals surface area contributed by atoms with Crippen LogP contribution in [0, 0.1) is 13.8 Å². The number of hydrogen-bond acceptors (Lipinski definition) is 2. The van der Waals surface area contributed by atoms with Crippen molar-refractivity contribution in [1.82, 2.24) is 0 Å². The molecule has 22 heavy (non-hydrogen) atoms. The van der Waals surface area contributed by atoms with Crippen LogP contribution in [0.5, 0.6) is 0 Å². The van der Waals surface area contributed by atoms with E-state index in [9.17, 15) is 9.59 Å². The van der Waals surface area contributed by atoms with E-state index in [0.717, 1.165) is 49.4 Å². The van der Waals surface area contributed by atoms with Crippen LogP contribution < -0.4 is 0 Å². The van der Waals surface area contributed by atoms with Crippen LogP contribution in [-0.2, 0) is 25.7 Å². The normalized spacial score (nSPS) is 13.5. The van der Waals surface area contributed by atoms with Crippen LogP contribution in [0.1, 0.15) is 54.1 Å². The van der Waals surface area contributed by atoms with E-state index in [2.05, 4.69) is 13.8 Å². The van der Waals surface area contributed by atoms with Crippen LogP contribution in [0.3, 0.4) is 0 Å². The summed E-state index contributed by atoms with van der Waals surface area (Å²) in [6, 6.07) is 8.03. The zero-order chi connectivity index (χ0) is 15.7. The second kappa shape index (κ2) is 5.88. The first-order valence-electron chi connectivity index (χ1n) is 7.77. The first-order chi connectivity index (χ1) is 10.6. The summed E-state index contributed by atoms with van der Waals surface area (Å²) in [6.45, 7) is 4.30. The molecule has 0 radical (unpaired) electrons. The maximum atomic E-state index is 11.2. The first kappa shape index (κ1) is 14.7. The molecule has 0 N–H and O–H groups in total. The summed E-state index contributed by atoms with van der Waals surface area (Å²) < 4.78 is 0. The molecule has 0 heterocycles. The Morgan fingerprint density at radius 1 is 0.636 bits per heavy atom. The molecule has 0 fully saturated rings. The van der Waals surface area contributed by atoms with E-state index in [-0.39, 0.29) is 0 Å². The topological polar surface area (TPSA) is 34.1 Å². The summed E-state index contributed by atoms with van der Waals surface area (Å²) >= 11 is 0. The van der Waals surface area contributed by atoms with Crippen LogP contribution in [-0.4, -0.2) is 12.6 Å². The zero-order valence-electron chi connectivity index (χ0n) is 13.1. The summed E-state index contributed by atoms with van der Waals surface area (Å²) in [5, 5.41) is 0. The minimum Gasteiger partial charge on any atom is -0.298 e. The molecule has 0 saturated heterocycles. The summed E-state index contributed by atoms with van der Waals surface area (Å²) in [7, 11) is 0. The lowest BCUT2D eigenvalue weighted by Gasteiger charge is -2.19. The van der Waals surface area contributed by atoms with Gasteiger partial charge in [0.05, 0.1) is 0 Å². The Bertz CT molecular complexity index is 641. The zero-order valence-corrected chi connectivity index (χ0v) is 13.1. The highest BCUT2D eigenvalue weighted by molar-refractivity contribution is 5.77. The van der Waals surface area contributed by atoms with Crippen molar-refractivity contribution >= 4 is 12.6 Å². The highest BCUT2D eigenvalue weighted by Crippen LogP contribution is 2.26. The lowest BCUT2D eigenvalue weighted by atomic mass is 9.86. The molecule has 2 heteroatoms. The number of rotatable bonds is 2. The number of hydrogen-bond donors (Lipinski definition) is 0. The molecule has 0 spiro atoms. The number of fused-ring (bicyclic) bond motifs is 4. The molecule has 0 amide bonds. The van der Waals surface area contributed by atoms with E-state index in [1.165, 1.54) is 33.4 Å². The molecule has 3 rings (SSSR count). The fourth-order valence-corrected chi connectivity index (χ4v) is 3.45. The lowest BCUT2D eigenvalue weighted by Crippen LogP contribution is -2.08. The molecular formula is C20H20O2. The van der Waals surface area contributed by atoms with Crippen LogP contribution in [0.25, 0.3) is 0 Å². The molecule has 1 aliphatic carbocycles. The van der Waals surface area contributed by atoms with Gasteiger partial charge in [-0.05, 0) is 97.2 Å². The smallest absolute Gasteiger partial charge is 0.150 e. The summed E-state index contributed by atoms with van der Waals surface area (Å²) in [6.07, 6.45) is 5.50. The Hall–Kier alpha value is -2.22. The molecule has 0 saturated carbocycles. The summed E-state index contributed by atoms with van der Waals surface area (Å²) in [5.74, 6) is 0. The van der Waals surface area contributed by atoms with Gasteiger partial charge in [0.15, 0.2) is 0 Å². The number of aryl methyl sites for hydroxylation is 4. The Morgan fingerprint density at radius 3 is 1.14 bits per heavy atom. The van der Waals surface area contributed by atoms with Crippen molar-refractivity contribution in [1.29, 1.82) is 0 Å². The van der Waals surface area contributed by atoms with Crippen molar-refractivity contribution in [3.63, 3.8) is 0 Å². The third-order valence-electron chi connectivity index (χ3n) is 4.89. The van der Waals surface area contributed by atoms with Crippen LogP contribution >= 0.6 is 0 Å². The maximum Gasteiger partial charge on any atom is 0.150 e. The number of aldehydes is 2. The van der Waals surface area contributed by atoms with Crippen molar-refractivity contribution in [3.8, 4) is 0 Å². The maximum absolute atomic E-state index is 11.2. The molecule has 1 aliphatic rings. The Labute approximate surface area is 131 Å². The third kappa shape index (κ3) is 2.61. The van der Waals surface area contributed by atoms with E-state index in [4.69, 9.17) is 0 Å². The fourth-order valence-electron chi connectivity index (χ4n) is 3.45. The van der Waals surface area contributed by atoms with Crippen molar-refractivity contribution in [2.45, 2.75) is 39.5 Å². The largest absolute Gasteiger partial charge is 0.298 e. The first-order valence-corrected chi connectivity index (χ1v) is 7.77. The molecule has 0 atom stereocenters. The van der Waals surface area contributed by atoms with Gasteiger partial charge in [0, 0.05) is 11.1 Å². The molecule has 2 aromatic rings. The van der Waals surface area contributed by atoms with Crippen LogP contribution in [0.2, 0.25) is 0 Å². The van der Waals surface area contributed by atoms with Crippen molar-refractivity contribution in [2.24, 2.45) is 0 Å².